The smallest absolute Gasteiger partial charge is 0.305 e. The maximum absolute atomic E-state index is 13.3. The van der Waals surface area contributed by atoms with Crippen LogP contribution in [0.15, 0.2) is 34.1 Å². The van der Waals surface area contributed by atoms with E-state index in [9.17, 15) is 19.5 Å². The first kappa shape index (κ1) is 40.9. The number of phenolic OH excluding ortho intramolecular Hbond substituents is 1. The van der Waals surface area contributed by atoms with Gasteiger partial charge in [-0.05, 0) is 62.9 Å². The topological polar surface area (TPSA) is 140 Å². The second-order valence-corrected chi connectivity index (χ2v) is 18.0. The lowest BCUT2D eigenvalue weighted by molar-refractivity contribution is -0.160. The molecule has 0 aliphatic carbocycles. The molecule has 3 aliphatic heterocycles. The Bertz CT molecular complexity index is 1800. The van der Waals surface area contributed by atoms with Crippen LogP contribution in [0.5, 0.6) is 5.75 Å². The Morgan fingerprint density at radius 3 is 2.65 bits per heavy atom. The highest BCUT2D eigenvalue weighted by molar-refractivity contribution is 8.14. The normalized spacial score (nSPS) is 18.9. The number of benzene rings is 1. The van der Waals surface area contributed by atoms with Gasteiger partial charge < -0.3 is 39.6 Å². The maximum Gasteiger partial charge on any atom is 0.305 e. The van der Waals surface area contributed by atoms with E-state index in [1.807, 2.05) is 34.1 Å². The lowest BCUT2D eigenvalue weighted by atomic mass is 9.89. The lowest BCUT2D eigenvalue weighted by Crippen LogP contribution is -2.59. The minimum Gasteiger partial charge on any atom is -0.506 e. The number of thiophene rings is 1. The summed E-state index contributed by atoms with van der Waals surface area (Å²) in [5.74, 6) is 1.49. The third-order valence-electron chi connectivity index (χ3n) is 10.6. The van der Waals surface area contributed by atoms with E-state index in [4.69, 9.17) is 14.5 Å². The summed E-state index contributed by atoms with van der Waals surface area (Å²) < 4.78 is 13.0. The van der Waals surface area contributed by atoms with Gasteiger partial charge in [-0.25, -0.2) is 0 Å². The van der Waals surface area contributed by atoms with Gasteiger partial charge in [-0.1, -0.05) is 31.3 Å². The predicted molar refractivity (Wildman–Crippen MR) is 220 cm³/mol. The van der Waals surface area contributed by atoms with Crippen molar-refractivity contribution in [2.24, 2.45) is 10.9 Å². The predicted octanol–water partition coefficient (Wildman–Crippen LogP) is 4.39. The van der Waals surface area contributed by atoms with Crippen LogP contribution in [0.4, 0.5) is 0 Å². The molecular weight excluding hydrogens is 745 g/mol. The van der Waals surface area contributed by atoms with Gasteiger partial charge in [0.1, 0.15) is 17.3 Å². The van der Waals surface area contributed by atoms with Gasteiger partial charge in [-0.15, -0.1) is 23.1 Å². The van der Waals surface area contributed by atoms with Gasteiger partial charge in [0, 0.05) is 80.2 Å². The van der Waals surface area contributed by atoms with Gasteiger partial charge in [0.25, 0.3) is 0 Å². The summed E-state index contributed by atoms with van der Waals surface area (Å²) in [6.45, 7) is 14.9. The summed E-state index contributed by atoms with van der Waals surface area (Å²) in [6.07, 6.45) is 4.85. The first-order chi connectivity index (χ1) is 26.1. The van der Waals surface area contributed by atoms with Crippen molar-refractivity contribution in [1.82, 2.24) is 25.0 Å². The Morgan fingerprint density at radius 1 is 1.09 bits per heavy atom. The van der Waals surface area contributed by atoms with Crippen LogP contribution in [0, 0.1) is 5.92 Å². The van der Waals surface area contributed by atoms with E-state index in [-0.39, 0.29) is 34.1 Å². The number of aromatic nitrogens is 1. The Labute approximate surface area is 330 Å². The molecule has 1 aromatic carbocycles. The van der Waals surface area contributed by atoms with E-state index < -0.39 is 0 Å². The van der Waals surface area contributed by atoms with Gasteiger partial charge >= 0.3 is 4.87 Å². The zero-order valence-corrected chi connectivity index (χ0v) is 34.4. The van der Waals surface area contributed by atoms with Crippen molar-refractivity contribution < 1.29 is 24.2 Å². The molecular formula is C39H56N6O6S3. The fourth-order valence-electron chi connectivity index (χ4n) is 7.41. The van der Waals surface area contributed by atoms with Gasteiger partial charge in [0.15, 0.2) is 0 Å². The third kappa shape index (κ3) is 10.7. The van der Waals surface area contributed by atoms with Crippen LogP contribution < -0.4 is 10.2 Å². The van der Waals surface area contributed by atoms with E-state index in [2.05, 4.69) is 41.2 Å². The zero-order valence-electron chi connectivity index (χ0n) is 31.9. The van der Waals surface area contributed by atoms with E-state index in [0.717, 1.165) is 84.1 Å². The van der Waals surface area contributed by atoms with E-state index in [1.54, 1.807) is 17.8 Å². The molecule has 0 saturated carbocycles. The highest BCUT2D eigenvalue weighted by Crippen LogP contribution is 2.32. The van der Waals surface area contributed by atoms with Crippen LogP contribution in [0.3, 0.4) is 0 Å². The molecule has 54 heavy (non-hydrogen) atoms. The van der Waals surface area contributed by atoms with Gasteiger partial charge in [-0.3, -0.25) is 19.4 Å². The number of hydrogen-bond donors (Lipinski definition) is 3. The molecule has 2 amide bonds. The van der Waals surface area contributed by atoms with Crippen molar-refractivity contribution in [3.05, 3.63) is 49.3 Å². The van der Waals surface area contributed by atoms with Crippen molar-refractivity contribution in [1.29, 1.82) is 0 Å². The number of thiazole rings is 1. The molecule has 6 rings (SSSR count). The third-order valence-corrected chi connectivity index (χ3v) is 14.1. The molecule has 0 radical (unpaired) electrons. The van der Waals surface area contributed by atoms with Gasteiger partial charge in [-0.2, -0.15) is 0 Å². The number of aromatic hydroxyl groups is 1. The summed E-state index contributed by atoms with van der Waals surface area (Å²) in [6, 6.07) is 7.67. The number of likely N-dealkylation sites (tertiary alicyclic amines) is 1. The number of hydrogen-bond acceptors (Lipinski definition) is 12. The molecule has 1 unspecified atom stereocenters. The van der Waals surface area contributed by atoms with Crippen molar-refractivity contribution in [3.8, 4) is 5.75 Å². The number of amides is 2. The SMILES string of the molecule is CCN(CCNCCc1ccc(O)c2[nH]c(=O)sc12)C(=O)CCOCCc1ccc(CCN2CCC3(CC2)CN(C(=O)C2CSC(C(C)C)=N2)CCO3)s1. The van der Waals surface area contributed by atoms with Gasteiger partial charge in [0.05, 0.1) is 41.6 Å². The molecule has 2 fully saturated rings. The molecule has 5 heterocycles. The first-order valence-electron chi connectivity index (χ1n) is 19.5. The Balaban J connectivity index is 0.819. The summed E-state index contributed by atoms with van der Waals surface area (Å²) in [4.78, 5) is 54.2. The average Bonchev–Trinajstić information content (AvgIpc) is 3.94. The molecule has 1 atom stereocenters. The maximum atomic E-state index is 13.3. The minimum atomic E-state index is -0.240. The molecule has 15 heteroatoms. The number of fused-ring (bicyclic) bond motifs is 1. The van der Waals surface area contributed by atoms with Crippen LogP contribution in [0.2, 0.25) is 0 Å². The quantitative estimate of drug-likeness (QED) is 0.160. The summed E-state index contributed by atoms with van der Waals surface area (Å²) >= 11 is 4.70. The van der Waals surface area contributed by atoms with Crippen LogP contribution in [0.25, 0.3) is 10.2 Å². The zero-order chi connectivity index (χ0) is 38.1. The Hall–Kier alpha value is -2.79. The molecule has 3 aliphatic rings. The molecule has 2 saturated heterocycles. The fraction of sp³-hybridized carbons (Fsp3) is 0.641. The summed E-state index contributed by atoms with van der Waals surface area (Å²) in [7, 11) is 0. The molecule has 3 N–H and O–H groups in total. The minimum absolute atomic E-state index is 0.0878. The molecule has 2 aromatic heterocycles. The van der Waals surface area contributed by atoms with Crippen molar-refractivity contribution in [3.63, 3.8) is 0 Å². The first-order valence-corrected chi connectivity index (χ1v) is 22.1. The van der Waals surface area contributed by atoms with Crippen LogP contribution >= 0.6 is 34.4 Å². The van der Waals surface area contributed by atoms with Crippen molar-refractivity contribution in [2.45, 2.75) is 70.9 Å². The fourth-order valence-corrected chi connectivity index (χ4v) is 10.4. The second kappa shape index (κ2) is 19.4. The van der Waals surface area contributed by atoms with Crippen molar-refractivity contribution >= 4 is 61.5 Å². The highest BCUT2D eigenvalue weighted by atomic mass is 32.2. The largest absolute Gasteiger partial charge is 0.506 e. The Morgan fingerprint density at radius 2 is 1.89 bits per heavy atom. The summed E-state index contributed by atoms with van der Waals surface area (Å²) in [5.41, 5.74) is 1.28. The summed E-state index contributed by atoms with van der Waals surface area (Å²) in [5, 5.41) is 14.5. The number of phenols is 1. The number of carbonyl (C=O) groups excluding carboxylic acids is 2. The van der Waals surface area contributed by atoms with E-state index >= 15 is 0 Å². The van der Waals surface area contributed by atoms with Crippen LogP contribution in [-0.2, 0) is 38.3 Å². The van der Waals surface area contributed by atoms with E-state index in [1.165, 1.54) is 9.75 Å². The van der Waals surface area contributed by atoms with Crippen molar-refractivity contribution in [2.75, 3.05) is 84.5 Å². The lowest BCUT2D eigenvalue weighted by Gasteiger charge is -2.47. The van der Waals surface area contributed by atoms with E-state index in [0.29, 0.717) is 76.9 Å². The van der Waals surface area contributed by atoms with Crippen LogP contribution in [-0.4, -0.2) is 138 Å². The van der Waals surface area contributed by atoms with Gasteiger partial charge in [0.2, 0.25) is 11.8 Å². The van der Waals surface area contributed by atoms with Crippen LogP contribution in [0.1, 0.15) is 55.4 Å². The number of carbonyl (C=O) groups is 2. The second-order valence-electron chi connectivity index (χ2n) is 14.7. The number of aromatic amines is 1. The monoisotopic (exact) mass is 800 g/mol. The molecule has 296 valence electrons. The molecule has 1 spiro atoms. The molecule has 3 aromatic rings. The number of aliphatic imine (C=N–C) groups is 1. The number of nitrogens with one attached hydrogen (secondary N) is 2. The number of H-pyrrole nitrogens is 1. The number of nitrogens with zero attached hydrogens (tertiary/aromatic N) is 4. The number of rotatable bonds is 18. The Kier molecular flexibility index (Phi) is 14.7. The highest BCUT2D eigenvalue weighted by Gasteiger charge is 2.42. The molecule has 12 nitrogen and oxygen atoms in total. The number of thioether (sulfide) groups is 1. The average molecular weight is 801 g/mol. The number of morpholine rings is 1. The number of piperidine rings is 1. The standard InChI is InChI=1S/C39H56N6O6S3/c1-4-44(20-16-40-15-9-28-5-8-32(46)34-35(28)54-38(49)42-34)33(47)12-23-50-22-11-30-7-6-29(53-30)10-17-43-18-13-39(14-19-43)26-45(21-24-51-39)37(48)31-25-52-36(41-31)27(2)3/h5-8,27,31,40,46H,4,9-26H2,1-3H3,(H,42,49). The molecule has 0 bridgehead atoms. The number of likely N-dealkylation sites (N-methyl/N-ethyl adjacent to an activating group) is 1. The number of ether oxygens (including phenoxy) is 2.